The van der Waals surface area contributed by atoms with Gasteiger partial charge in [-0.15, -0.1) is 0 Å². The van der Waals surface area contributed by atoms with Crippen LogP contribution in [0.4, 0.5) is 5.82 Å². The third-order valence-electron chi connectivity index (χ3n) is 3.76. The first-order valence-corrected chi connectivity index (χ1v) is 7.21. The number of rotatable bonds is 4. The van der Waals surface area contributed by atoms with E-state index in [-0.39, 0.29) is 11.5 Å². The molecule has 0 radical (unpaired) electrons. The van der Waals surface area contributed by atoms with Crippen LogP contribution in [0.15, 0.2) is 18.3 Å². The van der Waals surface area contributed by atoms with Crippen molar-refractivity contribution in [3.05, 3.63) is 23.9 Å². The number of carbonyl (C=O) groups is 1. The predicted molar refractivity (Wildman–Crippen MR) is 79.1 cm³/mol. The number of nitrogens with zero attached hydrogens (tertiary/aromatic N) is 2. The number of carbonyl (C=O) groups excluding carboxylic acids is 1. The number of amides is 1. The minimum Gasteiger partial charge on any atom is -0.372 e. The van der Waals surface area contributed by atoms with E-state index in [1.165, 1.54) is 0 Å². The molecule has 0 bridgehead atoms. The van der Waals surface area contributed by atoms with Crippen LogP contribution in [0, 0.1) is 0 Å². The third-order valence-corrected chi connectivity index (χ3v) is 3.76. The topological polar surface area (TPSA) is 54.5 Å². The molecule has 1 N–H and O–H groups in total. The first-order chi connectivity index (χ1) is 9.58. The summed E-state index contributed by atoms with van der Waals surface area (Å²) >= 11 is 0. The van der Waals surface area contributed by atoms with E-state index in [1.54, 1.807) is 6.20 Å². The van der Waals surface area contributed by atoms with E-state index >= 15 is 0 Å². The highest BCUT2D eigenvalue weighted by Crippen LogP contribution is 2.24. The molecule has 1 aromatic heterocycles. The van der Waals surface area contributed by atoms with Gasteiger partial charge in [0.25, 0.3) is 5.91 Å². The predicted octanol–water partition coefficient (Wildman–Crippen LogP) is 1.84. The summed E-state index contributed by atoms with van der Waals surface area (Å²) in [6, 6.07) is 3.73. The Morgan fingerprint density at radius 1 is 1.50 bits per heavy atom. The fourth-order valence-electron chi connectivity index (χ4n) is 2.31. The lowest BCUT2D eigenvalue weighted by Gasteiger charge is -2.40. The van der Waals surface area contributed by atoms with Crippen LogP contribution in [0.25, 0.3) is 0 Å². The van der Waals surface area contributed by atoms with Gasteiger partial charge >= 0.3 is 0 Å². The van der Waals surface area contributed by atoms with Crippen LogP contribution in [-0.2, 0) is 4.74 Å². The highest BCUT2D eigenvalue weighted by Gasteiger charge is 2.30. The van der Waals surface area contributed by atoms with Crippen LogP contribution in [0.1, 0.15) is 37.6 Å². The summed E-state index contributed by atoms with van der Waals surface area (Å²) in [6.07, 6.45) is 2.61. The normalized spacial score (nSPS) is 22.6. The van der Waals surface area contributed by atoms with Crippen LogP contribution in [0.2, 0.25) is 0 Å². The zero-order valence-corrected chi connectivity index (χ0v) is 12.5. The quantitative estimate of drug-likeness (QED) is 0.912. The lowest BCUT2D eigenvalue weighted by atomic mass is 10.0. The number of hydrogen-bond acceptors (Lipinski definition) is 4. The van der Waals surface area contributed by atoms with Crippen LogP contribution in [0.3, 0.4) is 0 Å². The minimum absolute atomic E-state index is 0.0769. The summed E-state index contributed by atoms with van der Waals surface area (Å²) in [4.78, 5) is 18.3. The highest BCUT2D eigenvalue weighted by molar-refractivity contribution is 5.93. The van der Waals surface area contributed by atoms with Crippen molar-refractivity contribution in [1.82, 2.24) is 10.3 Å². The lowest BCUT2D eigenvalue weighted by molar-refractivity contribution is -0.0443. The van der Waals surface area contributed by atoms with Crippen LogP contribution in [0.5, 0.6) is 0 Å². The van der Waals surface area contributed by atoms with Gasteiger partial charge in [-0.2, -0.15) is 0 Å². The Labute approximate surface area is 120 Å². The Balaban J connectivity index is 2.08. The fourth-order valence-corrected chi connectivity index (χ4v) is 2.31. The molecule has 20 heavy (non-hydrogen) atoms. The number of aromatic nitrogens is 1. The average Bonchev–Trinajstić information content (AvgIpc) is 2.48. The van der Waals surface area contributed by atoms with E-state index in [1.807, 2.05) is 19.1 Å². The standard InChI is InChI=1S/C15H23N3O2/c1-4-15(3)11-18(8-9-20-15)13-7-6-12(10-17-13)14(19)16-5-2/h6-7,10H,4-5,8-9,11H2,1-3H3,(H,16,19). The molecule has 1 fully saturated rings. The molecule has 0 saturated carbocycles. The molecule has 1 atom stereocenters. The SMILES string of the molecule is CCNC(=O)c1ccc(N2CCOC(C)(CC)C2)nc1. The van der Waals surface area contributed by atoms with E-state index in [9.17, 15) is 4.79 Å². The smallest absolute Gasteiger partial charge is 0.252 e. The number of ether oxygens (including phenoxy) is 1. The number of hydrogen-bond donors (Lipinski definition) is 1. The van der Waals surface area contributed by atoms with E-state index in [0.29, 0.717) is 18.7 Å². The van der Waals surface area contributed by atoms with Crippen molar-refractivity contribution in [2.75, 3.05) is 31.1 Å². The van der Waals surface area contributed by atoms with Crippen molar-refractivity contribution in [2.24, 2.45) is 0 Å². The zero-order chi connectivity index (χ0) is 14.6. The molecule has 1 aromatic rings. The molecule has 0 aromatic carbocycles. The molecule has 5 nitrogen and oxygen atoms in total. The first kappa shape index (κ1) is 14.8. The molecule has 5 heteroatoms. The largest absolute Gasteiger partial charge is 0.372 e. The lowest BCUT2D eigenvalue weighted by Crippen LogP contribution is -2.50. The maximum absolute atomic E-state index is 11.7. The van der Waals surface area contributed by atoms with Gasteiger partial charge in [0, 0.05) is 25.8 Å². The summed E-state index contributed by atoms with van der Waals surface area (Å²) in [6.45, 7) is 9.17. The number of pyridine rings is 1. The van der Waals surface area contributed by atoms with Crippen molar-refractivity contribution >= 4 is 11.7 Å². The molecule has 0 spiro atoms. The molecule has 1 aliphatic rings. The van der Waals surface area contributed by atoms with Gasteiger partial charge in [-0.05, 0) is 32.4 Å². The van der Waals surface area contributed by atoms with Gasteiger partial charge in [0.05, 0.1) is 17.8 Å². The van der Waals surface area contributed by atoms with E-state index in [2.05, 4.69) is 29.0 Å². The van der Waals surface area contributed by atoms with Gasteiger partial charge in [0.15, 0.2) is 0 Å². The summed E-state index contributed by atoms with van der Waals surface area (Å²) in [5.74, 6) is 0.827. The second kappa shape index (κ2) is 6.22. The van der Waals surface area contributed by atoms with Gasteiger partial charge in [0.1, 0.15) is 5.82 Å². The maximum atomic E-state index is 11.7. The summed E-state index contributed by atoms with van der Waals surface area (Å²) in [7, 11) is 0. The number of nitrogens with one attached hydrogen (secondary N) is 1. The molecule has 1 amide bonds. The van der Waals surface area contributed by atoms with Crippen molar-refractivity contribution in [3.63, 3.8) is 0 Å². The highest BCUT2D eigenvalue weighted by atomic mass is 16.5. The molecule has 2 heterocycles. The summed E-state index contributed by atoms with van der Waals surface area (Å²) in [5, 5.41) is 2.77. The Morgan fingerprint density at radius 2 is 2.30 bits per heavy atom. The Hall–Kier alpha value is -1.62. The van der Waals surface area contributed by atoms with Crippen molar-refractivity contribution in [3.8, 4) is 0 Å². The second-order valence-corrected chi connectivity index (χ2v) is 5.34. The molecule has 2 rings (SSSR count). The molecular weight excluding hydrogens is 254 g/mol. The van der Waals surface area contributed by atoms with Gasteiger partial charge in [-0.3, -0.25) is 4.79 Å². The number of morpholine rings is 1. The molecule has 1 saturated heterocycles. The second-order valence-electron chi connectivity index (χ2n) is 5.34. The summed E-state index contributed by atoms with van der Waals surface area (Å²) in [5.41, 5.74) is 0.486. The van der Waals surface area contributed by atoms with Gasteiger partial charge in [-0.1, -0.05) is 6.92 Å². The molecule has 0 aliphatic carbocycles. The average molecular weight is 277 g/mol. The zero-order valence-electron chi connectivity index (χ0n) is 12.5. The number of anilines is 1. The monoisotopic (exact) mass is 277 g/mol. The van der Waals surface area contributed by atoms with E-state index < -0.39 is 0 Å². The Morgan fingerprint density at radius 3 is 2.90 bits per heavy atom. The van der Waals surface area contributed by atoms with Crippen molar-refractivity contribution in [2.45, 2.75) is 32.8 Å². The molecular formula is C15H23N3O2. The minimum atomic E-state index is -0.113. The Kier molecular flexibility index (Phi) is 4.60. The first-order valence-electron chi connectivity index (χ1n) is 7.21. The van der Waals surface area contributed by atoms with Gasteiger partial charge in [-0.25, -0.2) is 4.98 Å². The Bertz CT molecular complexity index is 461. The van der Waals surface area contributed by atoms with Gasteiger partial charge < -0.3 is 15.0 Å². The molecule has 1 aliphatic heterocycles. The van der Waals surface area contributed by atoms with E-state index in [4.69, 9.17) is 4.74 Å². The van der Waals surface area contributed by atoms with Crippen LogP contribution >= 0.6 is 0 Å². The maximum Gasteiger partial charge on any atom is 0.252 e. The van der Waals surface area contributed by atoms with Gasteiger partial charge in [0.2, 0.25) is 0 Å². The van der Waals surface area contributed by atoms with E-state index in [0.717, 1.165) is 25.3 Å². The summed E-state index contributed by atoms with van der Waals surface area (Å²) < 4.78 is 5.83. The third kappa shape index (κ3) is 3.28. The van der Waals surface area contributed by atoms with Crippen molar-refractivity contribution in [1.29, 1.82) is 0 Å². The van der Waals surface area contributed by atoms with Crippen LogP contribution < -0.4 is 10.2 Å². The molecule has 1 unspecified atom stereocenters. The fraction of sp³-hybridized carbons (Fsp3) is 0.600. The van der Waals surface area contributed by atoms with Crippen LogP contribution in [-0.4, -0.2) is 42.7 Å². The molecule has 110 valence electrons. The van der Waals surface area contributed by atoms with Crippen molar-refractivity contribution < 1.29 is 9.53 Å².